The highest BCUT2D eigenvalue weighted by Crippen LogP contribution is 2.21. The molecule has 2 aromatic carbocycles. The molecular formula is C30H36N6O. The van der Waals surface area contributed by atoms with Crippen LogP contribution in [0, 0.1) is 13.8 Å². The normalized spacial score (nSPS) is 14.8. The lowest BCUT2D eigenvalue weighted by Gasteiger charge is -2.32. The number of nitrogens with one attached hydrogen (secondary N) is 1. The maximum atomic E-state index is 12.9. The van der Waals surface area contributed by atoms with E-state index in [9.17, 15) is 4.79 Å². The molecule has 37 heavy (non-hydrogen) atoms. The van der Waals surface area contributed by atoms with Crippen LogP contribution in [-0.2, 0) is 19.5 Å². The first kappa shape index (κ1) is 25.1. The predicted octanol–water partition coefficient (Wildman–Crippen LogP) is 4.66. The minimum absolute atomic E-state index is 0.103. The molecule has 0 bridgehead atoms. The molecular weight excluding hydrogens is 460 g/mol. The van der Waals surface area contributed by atoms with Crippen LogP contribution in [0.2, 0.25) is 0 Å². The Morgan fingerprint density at radius 1 is 0.892 bits per heavy atom. The first-order chi connectivity index (χ1) is 17.9. The number of hydrogen-bond acceptors (Lipinski definition) is 5. The van der Waals surface area contributed by atoms with Crippen LogP contribution in [0.5, 0.6) is 0 Å². The van der Waals surface area contributed by atoms with Crippen molar-refractivity contribution in [3.8, 4) is 0 Å². The van der Waals surface area contributed by atoms with Crippen LogP contribution in [0.15, 0.2) is 54.6 Å². The Hall–Kier alpha value is -3.55. The number of aromatic nitrogens is 3. The number of amides is 1. The molecule has 3 heterocycles. The molecule has 0 radical (unpaired) electrons. The molecule has 1 fully saturated rings. The Morgan fingerprint density at radius 2 is 1.54 bits per heavy atom. The van der Waals surface area contributed by atoms with Crippen LogP contribution >= 0.6 is 0 Å². The highest BCUT2D eigenvalue weighted by Gasteiger charge is 2.15. The van der Waals surface area contributed by atoms with Gasteiger partial charge in [0.1, 0.15) is 11.3 Å². The van der Waals surface area contributed by atoms with Gasteiger partial charge in [0, 0.05) is 56.1 Å². The van der Waals surface area contributed by atoms with E-state index in [0.29, 0.717) is 12.1 Å². The van der Waals surface area contributed by atoms with Gasteiger partial charge in [0.2, 0.25) is 0 Å². The highest BCUT2D eigenvalue weighted by molar-refractivity contribution is 6.04. The number of carbonyl (C=O) groups is 1. The Balaban J connectivity index is 1.23. The summed E-state index contributed by atoms with van der Waals surface area (Å²) in [5, 5.41) is 3.03. The van der Waals surface area contributed by atoms with Crippen LogP contribution in [0.3, 0.4) is 0 Å². The van der Waals surface area contributed by atoms with Crippen molar-refractivity contribution in [1.82, 2.24) is 24.3 Å². The van der Waals surface area contributed by atoms with E-state index in [-0.39, 0.29) is 5.91 Å². The number of rotatable bonds is 7. The van der Waals surface area contributed by atoms with Gasteiger partial charge < -0.3 is 14.8 Å². The minimum Gasteiger partial charge on any atom is -0.322 e. The van der Waals surface area contributed by atoms with Gasteiger partial charge in [-0.05, 0) is 67.9 Å². The van der Waals surface area contributed by atoms with Gasteiger partial charge in [0.15, 0.2) is 5.65 Å². The quantitative estimate of drug-likeness (QED) is 0.403. The van der Waals surface area contributed by atoms with Gasteiger partial charge in [-0.1, -0.05) is 31.2 Å². The van der Waals surface area contributed by atoms with Crippen LogP contribution in [0.1, 0.15) is 45.5 Å². The number of anilines is 1. The molecule has 1 aliphatic heterocycles. The molecule has 0 aliphatic carbocycles. The molecule has 0 atom stereocenters. The van der Waals surface area contributed by atoms with E-state index in [0.717, 1.165) is 78.6 Å². The molecule has 1 amide bonds. The molecule has 0 unspecified atom stereocenters. The molecule has 1 saturated heterocycles. The summed E-state index contributed by atoms with van der Waals surface area (Å²) in [6, 6.07) is 18.1. The van der Waals surface area contributed by atoms with Crippen molar-refractivity contribution in [2.24, 2.45) is 0 Å². The van der Waals surface area contributed by atoms with E-state index >= 15 is 0 Å². The molecule has 2 aromatic heterocycles. The van der Waals surface area contributed by atoms with Gasteiger partial charge in [-0.15, -0.1) is 0 Å². The number of hydrogen-bond donors (Lipinski definition) is 1. The highest BCUT2D eigenvalue weighted by atomic mass is 16.1. The van der Waals surface area contributed by atoms with Gasteiger partial charge in [-0.25, -0.2) is 9.97 Å². The lowest BCUT2D eigenvalue weighted by Crippen LogP contribution is -2.43. The summed E-state index contributed by atoms with van der Waals surface area (Å²) in [5.41, 5.74) is 7.86. The van der Waals surface area contributed by atoms with E-state index in [1.165, 1.54) is 5.56 Å². The van der Waals surface area contributed by atoms with Crippen molar-refractivity contribution in [3.05, 3.63) is 88.4 Å². The number of imidazole rings is 1. The van der Waals surface area contributed by atoms with Crippen LogP contribution in [0.25, 0.3) is 11.2 Å². The number of pyridine rings is 1. The second-order valence-corrected chi connectivity index (χ2v) is 10.1. The molecule has 5 rings (SSSR count). The fourth-order valence-corrected chi connectivity index (χ4v) is 4.99. The van der Waals surface area contributed by atoms with Gasteiger partial charge in [-0.3, -0.25) is 9.69 Å². The topological polar surface area (TPSA) is 66.3 Å². The molecule has 1 aliphatic rings. The van der Waals surface area contributed by atoms with E-state index in [2.05, 4.69) is 58.8 Å². The lowest BCUT2D eigenvalue weighted by atomic mass is 10.1. The first-order valence-electron chi connectivity index (χ1n) is 13.1. The van der Waals surface area contributed by atoms with E-state index in [1.54, 1.807) is 0 Å². The van der Waals surface area contributed by atoms with Crippen LogP contribution in [-0.4, -0.2) is 63.5 Å². The third kappa shape index (κ3) is 5.73. The second-order valence-electron chi connectivity index (χ2n) is 10.1. The van der Waals surface area contributed by atoms with Crippen molar-refractivity contribution in [3.63, 3.8) is 0 Å². The summed E-state index contributed by atoms with van der Waals surface area (Å²) in [6.45, 7) is 12.3. The van der Waals surface area contributed by atoms with Crippen LogP contribution in [0.4, 0.5) is 5.69 Å². The fourth-order valence-electron chi connectivity index (χ4n) is 4.99. The number of piperazine rings is 1. The first-order valence-corrected chi connectivity index (χ1v) is 13.1. The Kier molecular flexibility index (Phi) is 7.35. The van der Waals surface area contributed by atoms with Crippen molar-refractivity contribution in [2.75, 3.05) is 38.5 Å². The number of nitrogens with zero attached hydrogens (tertiary/aromatic N) is 5. The third-order valence-electron chi connectivity index (χ3n) is 7.19. The van der Waals surface area contributed by atoms with E-state index < -0.39 is 0 Å². The van der Waals surface area contributed by atoms with E-state index in [4.69, 9.17) is 9.97 Å². The zero-order chi connectivity index (χ0) is 25.9. The zero-order valence-corrected chi connectivity index (χ0v) is 22.3. The Bertz CT molecular complexity index is 1380. The van der Waals surface area contributed by atoms with E-state index in [1.807, 2.05) is 43.3 Å². The van der Waals surface area contributed by atoms with Gasteiger partial charge in [0.25, 0.3) is 5.91 Å². The van der Waals surface area contributed by atoms with Gasteiger partial charge in [-0.2, -0.15) is 0 Å². The standard InChI is InChI=1S/C30H36N6O/c1-5-27-33-28-21(2)18-22(3)31-29(28)36(27)20-24-6-10-25(11-7-24)30(37)32-26-12-8-23(9-13-26)19-35-16-14-34(4)15-17-35/h6-13,18H,5,14-17,19-20H2,1-4H3,(H,32,37). The van der Waals surface area contributed by atoms with Crippen LogP contribution < -0.4 is 5.32 Å². The predicted molar refractivity (Wildman–Crippen MR) is 149 cm³/mol. The zero-order valence-electron chi connectivity index (χ0n) is 22.3. The molecule has 192 valence electrons. The molecule has 7 heteroatoms. The lowest BCUT2D eigenvalue weighted by molar-refractivity contribution is 0.102. The summed E-state index contributed by atoms with van der Waals surface area (Å²) < 4.78 is 2.19. The average Bonchev–Trinajstić information content (AvgIpc) is 3.24. The van der Waals surface area contributed by atoms with Crippen molar-refractivity contribution in [2.45, 2.75) is 40.3 Å². The molecule has 0 spiro atoms. The smallest absolute Gasteiger partial charge is 0.255 e. The maximum Gasteiger partial charge on any atom is 0.255 e. The number of aryl methyl sites for hydroxylation is 3. The Labute approximate surface area is 219 Å². The Morgan fingerprint density at radius 3 is 2.22 bits per heavy atom. The van der Waals surface area contributed by atoms with Crippen molar-refractivity contribution < 1.29 is 4.79 Å². The third-order valence-corrected chi connectivity index (χ3v) is 7.19. The van der Waals surface area contributed by atoms with Gasteiger partial charge in [0.05, 0.1) is 6.54 Å². The minimum atomic E-state index is -0.103. The average molecular weight is 497 g/mol. The monoisotopic (exact) mass is 496 g/mol. The second kappa shape index (κ2) is 10.8. The fraction of sp³-hybridized carbons (Fsp3) is 0.367. The molecule has 1 N–H and O–H groups in total. The summed E-state index contributed by atoms with van der Waals surface area (Å²) in [5.74, 6) is 0.919. The summed E-state index contributed by atoms with van der Waals surface area (Å²) in [6.07, 6.45) is 0.837. The molecule has 4 aromatic rings. The molecule has 0 saturated carbocycles. The largest absolute Gasteiger partial charge is 0.322 e. The summed E-state index contributed by atoms with van der Waals surface area (Å²) in [4.78, 5) is 27.3. The summed E-state index contributed by atoms with van der Waals surface area (Å²) in [7, 11) is 2.17. The number of benzene rings is 2. The summed E-state index contributed by atoms with van der Waals surface area (Å²) >= 11 is 0. The number of fused-ring (bicyclic) bond motifs is 1. The molecule has 7 nitrogen and oxygen atoms in total. The maximum absolute atomic E-state index is 12.9. The SMILES string of the molecule is CCc1nc2c(C)cc(C)nc2n1Cc1ccc(C(=O)Nc2ccc(CN3CCN(C)CC3)cc2)cc1. The van der Waals surface area contributed by atoms with Gasteiger partial charge >= 0.3 is 0 Å². The number of likely N-dealkylation sites (N-methyl/N-ethyl adjacent to an activating group) is 1. The van der Waals surface area contributed by atoms with Crippen molar-refractivity contribution in [1.29, 1.82) is 0 Å². The number of carbonyl (C=O) groups excluding carboxylic acids is 1. The van der Waals surface area contributed by atoms with Crippen molar-refractivity contribution >= 4 is 22.8 Å².